The first-order valence-electron chi connectivity index (χ1n) is 4.39. The summed E-state index contributed by atoms with van der Waals surface area (Å²) >= 11 is 0. The highest BCUT2D eigenvalue weighted by molar-refractivity contribution is 5.71. The molecule has 0 saturated carbocycles. The Morgan fingerprint density at radius 2 is 2.00 bits per heavy atom. The number of primary amides is 1. The van der Waals surface area contributed by atoms with Crippen LogP contribution in [0.25, 0.3) is 0 Å². The van der Waals surface area contributed by atoms with Gasteiger partial charge < -0.3 is 11.1 Å². The Hall–Kier alpha value is -0.770. The fourth-order valence-corrected chi connectivity index (χ4v) is 1.22. The van der Waals surface area contributed by atoms with E-state index in [2.05, 4.69) is 31.0 Å². The van der Waals surface area contributed by atoms with Gasteiger partial charge in [-0.15, -0.1) is 0 Å². The van der Waals surface area contributed by atoms with E-state index in [0.29, 0.717) is 12.6 Å². The second-order valence-electron chi connectivity index (χ2n) is 2.82. The summed E-state index contributed by atoms with van der Waals surface area (Å²) in [5, 5.41) is 2.59. The molecule has 0 aliphatic carbocycles. The van der Waals surface area contributed by atoms with Crippen molar-refractivity contribution in [3.63, 3.8) is 0 Å². The van der Waals surface area contributed by atoms with Crippen molar-refractivity contribution in [1.82, 2.24) is 10.2 Å². The molecule has 0 saturated heterocycles. The Bertz CT molecular complexity index is 134. The minimum absolute atomic E-state index is 0.354. The molecule has 4 nitrogen and oxygen atoms in total. The molecule has 0 aliphatic rings. The standard InChI is InChI=1S/C8H19N3O/c1-4-11(5-2)7(3)6-10-8(9)12/h7H,4-6H2,1-3H3,(H3,9,10,12). The molecule has 0 spiro atoms. The van der Waals surface area contributed by atoms with Crippen LogP contribution in [0.4, 0.5) is 4.79 Å². The number of likely N-dealkylation sites (N-methyl/N-ethyl adjacent to an activating group) is 1. The maximum absolute atomic E-state index is 10.4. The van der Waals surface area contributed by atoms with Crippen LogP contribution in [0.5, 0.6) is 0 Å². The lowest BCUT2D eigenvalue weighted by Gasteiger charge is -2.25. The molecule has 0 radical (unpaired) electrons. The lowest BCUT2D eigenvalue weighted by atomic mass is 10.3. The molecule has 0 fully saturated rings. The van der Waals surface area contributed by atoms with Crippen LogP contribution < -0.4 is 11.1 Å². The molecule has 0 aromatic rings. The predicted octanol–water partition coefficient (Wildman–Crippen LogP) is 0.385. The number of urea groups is 1. The number of nitrogens with zero attached hydrogens (tertiary/aromatic N) is 1. The van der Waals surface area contributed by atoms with Crippen LogP contribution in [0.1, 0.15) is 20.8 Å². The summed E-state index contributed by atoms with van der Waals surface area (Å²) < 4.78 is 0. The summed E-state index contributed by atoms with van der Waals surface area (Å²) in [6.45, 7) is 8.89. The van der Waals surface area contributed by atoms with Crippen LogP contribution in [-0.2, 0) is 0 Å². The van der Waals surface area contributed by atoms with Gasteiger partial charge >= 0.3 is 6.03 Å². The van der Waals surface area contributed by atoms with Gasteiger partial charge in [-0.25, -0.2) is 4.79 Å². The molecule has 4 heteroatoms. The topological polar surface area (TPSA) is 58.4 Å². The number of nitrogens with one attached hydrogen (secondary N) is 1. The monoisotopic (exact) mass is 173 g/mol. The van der Waals surface area contributed by atoms with Crippen molar-refractivity contribution in [2.45, 2.75) is 26.8 Å². The molecule has 0 bridgehead atoms. The third-order valence-corrected chi connectivity index (χ3v) is 2.01. The predicted molar refractivity (Wildman–Crippen MR) is 50.0 cm³/mol. The zero-order valence-electron chi connectivity index (χ0n) is 8.13. The molecular weight excluding hydrogens is 154 g/mol. The van der Waals surface area contributed by atoms with Crippen molar-refractivity contribution in [1.29, 1.82) is 0 Å². The molecule has 0 aromatic carbocycles. The number of carbonyl (C=O) groups excluding carboxylic acids is 1. The van der Waals surface area contributed by atoms with Crippen LogP contribution >= 0.6 is 0 Å². The number of rotatable bonds is 5. The SMILES string of the molecule is CCN(CC)C(C)CNC(N)=O. The van der Waals surface area contributed by atoms with E-state index in [9.17, 15) is 4.79 Å². The first-order chi connectivity index (χ1) is 5.61. The fraction of sp³-hybridized carbons (Fsp3) is 0.875. The van der Waals surface area contributed by atoms with Gasteiger partial charge in [-0.3, -0.25) is 4.90 Å². The largest absolute Gasteiger partial charge is 0.352 e. The second-order valence-corrected chi connectivity index (χ2v) is 2.82. The van der Waals surface area contributed by atoms with Gasteiger partial charge in [0.05, 0.1) is 0 Å². The maximum Gasteiger partial charge on any atom is 0.312 e. The average molecular weight is 173 g/mol. The summed E-state index contributed by atoms with van der Waals surface area (Å²) in [5.74, 6) is 0. The highest BCUT2D eigenvalue weighted by Gasteiger charge is 2.09. The van der Waals surface area contributed by atoms with Crippen LogP contribution in [0.2, 0.25) is 0 Å². The summed E-state index contributed by atoms with van der Waals surface area (Å²) in [6, 6.07) is -0.0958. The number of hydrogen-bond acceptors (Lipinski definition) is 2. The van der Waals surface area contributed by atoms with Crippen molar-refractivity contribution >= 4 is 6.03 Å². The van der Waals surface area contributed by atoms with Gasteiger partial charge in [0.15, 0.2) is 0 Å². The van der Waals surface area contributed by atoms with Crippen molar-refractivity contribution in [2.24, 2.45) is 5.73 Å². The van der Waals surface area contributed by atoms with Crippen LogP contribution in [0, 0.1) is 0 Å². The minimum Gasteiger partial charge on any atom is -0.352 e. The molecule has 3 N–H and O–H groups in total. The van der Waals surface area contributed by atoms with E-state index in [1.165, 1.54) is 0 Å². The third-order valence-electron chi connectivity index (χ3n) is 2.01. The molecule has 12 heavy (non-hydrogen) atoms. The van der Waals surface area contributed by atoms with E-state index < -0.39 is 6.03 Å². The van der Waals surface area contributed by atoms with Gasteiger partial charge in [0.2, 0.25) is 0 Å². The smallest absolute Gasteiger partial charge is 0.312 e. The van der Waals surface area contributed by atoms with Crippen LogP contribution in [-0.4, -0.2) is 36.6 Å². The zero-order chi connectivity index (χ0) is 9.56. The van der Waals surface area contributed by atoms with Crippen molar-refractivity contribution in [3.8, 4) is 0 Å². The van der Waals surface area contributed by atoms with E-state index in [-0.39, 0.29) is 0 Å². The molecule has 2 amide bonds. The quantitative estimate of drug-likeness (QED) is 0.631. The van der Waals surface area contributed by atoms with E-state index in [1.54, 1.807) is 0 Å². The van der Waals surface area contributed by atoms with E-state index >= 15 is 0 Å². The average Bonchev–Trinajstić information content (AvgIpc) is 2.03. The van der Waals surface area contributed by atoms with Gasteiger partial charge in [0.1, 0.15) is 0 Å². The van der Waals surface area contributed by atoms with Gasteiger partial charge in [-0.1, -0.05) is 13.8 Å². The second kappa shape index (κ2) is 5.83. The Labute approximate surface area is 74.1 Å². The third kappa shape index (κ3) is 4.18. The van der Waals surface area contributed by atoms with Crippen molar-refractivity contribution in [3.05, 3.63) is 0 Å². The van der Waals surface area contributed by atoms with Crippen LogP contribution in [0.15, 0.2) is 0 Å². The maximum atomic E-state index is 10.4. The Morgan fingerprint density at radius 1 is 1.50 bits per heavy atom. The van der Waals surface area contributed by atoms with Gasteiger partial charge in [0, 0.05) is 12.6 Å². The number of hydrogen-bond donors (Lipinski definition) is 2. The lowest BCUT2D eigenvalue weighted by molar-refractivity contribution is 0.218. The molecule has 1 unspecified atom stereocenters. The fourth-order valence-electron chi connectivity index (χ4n) is 1.22. The summed E-state index contributed by atoms with van der Waals surface area (Å²) in [4.78, 5) is 12.7. The summed E-state index contributed by atoms with van der Waals surface area (Å²) in [6.07, 6.45) is 0. The molecular formula is C8H19N3O. The Kier molecular flexibility index (Phi) is 5.45. The zero-order valence-corrected chi connectivity index (χ0v) is 8.13. The van der Waals surface area contributed by atoms with Crippen LogP contribution in [0.3, 0.4) is 0 Å². The number of carbonyl (C=O) groups is 1. The molecule has 0 aliphatic heterocycles. The van der Waals surface area contributed by atoms with Crippen molar-refractivity contribution < 1.29 is 4.79 Å². The van der Waals surface area contributed by atoms with E-state index in [0.717, 1.165) is 13.1 Å². The number of amides is 2. The first kappa shape index (κ1) is 11.2. The molecule has 72 valence electrons. The van der Waals surface area contributed by atoms with Gasteiger partial charge in [-0.2, -0.15) is 0 Å². The molecule has 0 aromatic heterocycles. The van der Waals surface area contributed by atoms with Gasteiger partial charge in [0.25, 0.3) is 0 Å². The summed E-state index contributed by atoms with van der Waals surface area (Å²) in [5.41, 5.74) is 4.96. The Morgan fingerprint density at radius 3 is 2.33 bits per heavy atom. The minimum atomic E-state index is -0.450. The van der Waals surface area contributed by atoms with Gasteiger partial charge in [-0.05, 0) is 20.0 Å². The summed E-state index contributed by atoms with van der Waals surface area (Å²) in [7, 11) is 0. The lowest BCUT2D eigenvalue weighted by Crippen LogP contribution is -2.43. The Balaban J connectivity index is 3.68. The molecule has 0 rings (SSSR count). The van der Waals surface area contributed by atoms with Crippen molar-refractivity contribution in [2.75, 3.05) is 19.6 Å². The highest BCUT2D eigenvalue weighted by atomic mass is 16.2. The molecule has 0 heterocycles. The van der Waals surface area contributed by atoms with E-state index in [4.69, 9.17) is 5.73 Å². The normalized spacial score (nSPS) is 13.0. The van der Waals surface area contributed by atoms with E-state index in [1.807, 2.05) is 0 Å². The first-order valence-corrected chi connectivity index (χ1v) is 4.39. The highest BCUT2D eigenvalue weighted by Crippen LogP contribution is 1.95. The molecule has 1 atom stereocenters. The number of nitrogens with two attached hydrogens (primary N) is 1.